The average molecular weight is 285 g/mol. The van der Waals surface area contributed by atoms with Crippen LogP contribution >= 0.6 is 0 Å². The molecule has 1 N–H and O–H groups in total. The lowest BCUT2D eigenvalue weighted by Gasteiger charge is -2.39. The molecule has 5 nitrogen and oxygen atoms in total. The van der Waals surface area contributed by atoms with E-state index in [1.165, 1.54) is 0 Å². The highest BCUT2D eigenvalue weighted by Crippen LogP contribution is 2.37. The van der Waals surface area contributed by atoms with Gasteiger partial charge in [0.05, 0.1) is 5.41 Å². The smallest absolute Gasteiger partial charge is 0.410 e. The second kappa shape index (κ2) is 6.46. The number of carboxylic acids is 1. The molecular formula is C15H27NO4. The van der Waals surface area contributed by atoms with Gasteiger partial charge in [-0.05, 0) is 40.0 Å². The van der Waals surface area contributed by atoms with Crippen LogP contribution in [0, 0.1) is 5.41 Å². The van der Waals surface area contributed by atoms with Gasteiger partial charge in [-0.15, -0.1) is 0 Å². The summed E-state index contributed by atoms with van der Waals surface area (Å²) in [6, 6.07) is 0. The molecule has 1 heterocycles. The summed E-state index contributed by atoms with van der Waals surface area (Å²) in [5, 5.41) is 9.49. The summed E-state index contributed by atoms with van der Waals surface area (Å²) in [7, 11) is 0. The number of carbonyl (C=O) groups excluding carboxylic acids is 1. The fraction of sp³-hybridized carbons (Fsp3) is 0.867. The van der Waals surface area contributed by atoms with Gasteiger partial charge in [0.25, 0.3) is 0 Å². The van der Waals surface area contributed by atoms with Crippen LogP contribution in [0.2, 0.25) is 0 Å². The normalized spacial score (nSPS) is 18.7. The van der Waals surface area contributed by atoms with E-state index < -0.39 is 17.0 Å². The minimum atomic E-state index is -0.727. The van der Waals surface area contributed by atoms with Crippen LogP contribution in [-0.4, -0.2) is 40.8 Å². The van der Waals surface area contributed by atoms with Gasteiger partial charge in [-0.25, -0.2) is 4.79 Å². The van der Waals surface area contributed by atoms with Crippen molar-refractivity contribution < 1.29 is 19.4 Å². The Balaban J connectivity index is 2.60. The number of carbonyl (C=O) groups is 2. The van der Waals surface area contributed by atoms with Gasteiger partial charge in [-0.1, -0.05) is 19.8 Å². The van der Waals surface area contributed by atoms with Crippen molar-refractivity contribution in [2.45, 2.75) is 65.4 Å². The predicted molar refractivity (Wildman–Crippen MR) is 76.6 cm³/mol. The number of hydrogen-bond donors (Lipinski definition) is 1. The Labute approximate surface area is 121 Å². The molecule has 1 aliphatic heterocycles. The van der Waals surface area contributed by atoms with Gasteiger partial charge in [0.1, 0.15) is 5.60 Å². The summed E-state index contributed by atoms with van der Waals surface area (Å²) in [4.78, 5) is 25.1. The van der Waals surface area contributed by atoms with Crippen LogP contribution in [-0.2, 0) is 9.53 Å². The molecule has 0 saturated carbocycles. The first-order valence-electron chi connectivity index (χ1n) is 7.41. The number of likely N-dealkylation sites (tertiary alicyclic amines) is 1. The number of rotatable bonds is 4. The van der Waals surface area contributed by atoms with Crippen LogP contribution in [0.25, 0.3) is 0 Å². The number of aliphatic carboxylic acids is 1. The molecule has 0 aromatic carbocycles. The number of piperidine rings is 1. The number of nitrogens with zero attached hydrogens (tertiary/aromatic N) is 1. The van der Waals surface area contributed by atoms with E-state index in [-0.39, 0.29) is 6.09 Å². The van der Waals surface area contributed by atoms with Crippen molar-refractivity contribution in [2.75, 3.05) is 13.1 Å². The molecule has 0 bridgehead atoms. The van der Waals surface area contributed by atoms with Crippen molar-refractivity contribution in [1.29, 1.82) is 0 Å². The maximum Gasteiger partial charge on any atom is 0.410 e. The zero-order chi connectivity index (χ0) is 15.4. The topological polar surface area (TPSA) is 66.8 Å². The summed E-state index contributed by atoms with van der Waals surface area (Å²) in [5.74, 6) is -0.727. The molecule has 1 amide bonds. The fourth-order valence-corrected chi connectivity index (χ4v) is 2.53. The molecule has 0 spiro atoms. The molecule has 0 aliphatic carbocycles. The van der Waals surface area contributed by atoms with Crippen LogP contribution in [0.15, 0.2) is 0 Å². The minimum absolute atomic E-state index is 0.341. The first-order valence-corrected chi connectivity index (χ1v) is 7.41. The van der Waals surface area contributed by atoms with E-state index in [0.717, 1.165) is 12.8 Å². The lowest BCUT2D eigenvalue weighted by atomic mass is 9.74. The van der Waals surface area contributed by atoms with E-state index in [1.807, 2.05) is 20.8 Å². The number of hydrogen-bond acceptors (Lipinski definition) is 3. The van der Waals surface area contributed by atoms with Gasteiger partial charge >= 0.3 is 12.1 Å². The summed E-state index contributed by atoms with van der Waals surface area (Å²) < 4.78 is 5.33. The van der Waals surface area contributed by atoms with Gasteiger partial charge in [0.2, 0.25) is 0 Å². The number of amides is 1. The molecule has 116 valence electrons. The van der Waals surface area contributed by atoms with Crippen molar-refractivity contribution in [1.82, 2.24) is 4.90 Å². The minimum Gasteiger partial charge on any atom is -0.481 e. The molecule has 20 heavy (non-hydrogen) atoms. The van der Waals surface area contributed by atoms with Crippen molar-refractivity contribution >= 4 is 12.1 Å². The average Bonchev–Trinajstić information content (AvgIpc) is 2.34. The lowest BCUT2D eigenvalue weighted by Crippen LogP contribution is -2.47. The third-order valence-corrected chi connectivity index (χ3v) is 3.83. The van der Waals surface area contributed by atoms with Gasteiger partial charge in [0, 0.05) is 13.1 Å². The fourth-order valence-electron chi connectivity index (χ4n) is 2.53. The Morgan fingerprint density at radius 3 is 2.20 bits per heavy atom. The molecule has 1 saturated heterocycles. The van der Waals surface area contributed by atoms with Crippen LogP contribution in [0.1, 0.15) is 59.8 Å². The van der Waals surface area contributed by atoms with Crippen LogP contribution in [0.4, 0.5) is 4.79 Å². The number of ether oxygens (including phenoxy) is 1. The molecule has 1 fully saturated rings. The summed E-state index contributed by atoms with van der Waals surface area (Å²) >= 11 is 0. The second-order valence-corrected chi connectivity index (χ2v) is 6.66. The summed E-state index contributed by atoms with van der Waals surface area (Å²) in [5.41, 5.74) is -1.17. The first kappa shape index (κ1) is 16.8. The van der Waals surface area contributed by atoms with Crippen molar-refractivity contribution in [2.24, 2.45) is 5.41 Å². The Kier molecular flexibility index (Phi) is 5.42. The molecule has 1 aliphatic rings. The molecule has 0 atom stereocenters. The Morgan fingerprint density at radius 2 is 1.80 bits per heavy atom. The van der Waals surface area contributed by atoms with Gasteiger partial charge < -0.3 is 14.7 Å². The largest absolute Gasteiger partial charge is 0.481 e. The maximum absolute atomic E-state index is 12.0. The first-order chi connectivity index (χ1) is 9.20. The molecule has 0 radical (unpaired) electrons. The monoisotopic (exact) mass is 285 g/mol. The van der Waals surface area contributed by atoms with E-state index in [2.05, 4.69) is 6.92 Å². The van der Waals surface area contributed by atoms with E-state index in [1.54, 1.807) is 4.90 Å². The maximum atomic E-state index is 12.0. The highest BCUT2D eigenvalue weighted by atomic mass is 16.6. The summed E-state index contributed by atoms with van der Waals surface area (Å²) in [6.45, 7) is 8.48. The van der Waals surface area contributed by atoms with Gasteiger partial charge in [0.15, 0.2) is 0 Å². The SMILES string of the molecule is CCCCC1(C(=O)O)CCN(C(=O)OC(C)(C)C)CC1. The van der Waals surface area contributed by atoms with Crippen molar-refractivity contribution in [3.05, 3.63) is 0 Å². The second-order valence-electron chi connectivity index (χ2n) is 6.66. The Hall–Kier alpha value is -1.26. The van der Waals surface area contributed by atoms with Gasteiger partial charge in [-0.2, -0.15) is 0 Å². The van der Waals surface area contributed by atoms with Crippen LogP contribution in [0.5, 0.6) is 0 Å². The van der Waals surface area contributed by atoms with Crippen molar-refractivity contribution in [3.63, 3.8) is 0 Å². The van der Waals surface area contributed by atoms with Crippen LogP contribution in [0.3, 0.4) is 0 Å². The van der Waals surface area contributed by atoms with E-state index in [0.29, 0.717) is 32.4 Å². The van der Waals surface area contributed by atoms with Gasteiger partial charge in [-0.3, -0.25) is 4.79 Å². The molecule has 1 rings (SSSR count). The van der Waals surface area contributed by atoms with E-state index in [9.17, 15) is 14.7 Å². The Morgan fingerprint density at radius 1 is 1.25 bits per heavy atom. The van der Waals surface area contributed by atoms with Crippen molar-refractivity contribution in [3.8, 4) is 0 Å². The predicted octanol–water partition coefficient (Wildman–Crippen LogP) is 3.28. The Bertz CT molecular complexity index is 351. The molecule has 0 aromatic rings. The third kappa shape index (κ3) is 4.39. The number of carboxylic acid groups (broad SMARTS) is 1. The van der Waals surface area contributed by atoms with E-state index in [4.69, 9.17) is 4.74 Å². The molecular weight excluding hydrogens is 258 g/mol. The van der Waals surface area contributed by atoms with E-state index >= 15 is 0 Å². The standard InChI is InChI=1S/C15H27NO4/c1-5-6-7-15(12(17)18)8-10-16(11-9-15)13(19)20-14(2,3)4/h5-11H2,1-4H3,(H,17,18). The zero-order valence-electron chi connectivity index (χ0n) is 13.1. The highest BCUT2D eigenvalue weighted by Gasteiger charge is 2.42. The molecule has 0 aromatic heterocycles. The zero-order valence-corrected chi connectivity index (χ0v) is 13.1. The highest BCUT2D eigenvalue weighted by molar-refractivity contribution is 5.75. The molecule has 0 unspecified atom stereocenters. The lowest BCUT2D eigenvalue weighted by molar-refractivity contribution is -0.152. The summed E-state index contributed by atoms with van der Waals surface area (Å²) in [6.07, 6.45) is 3.29. The number of unbranched alkanes of at least 4 members (excludes halogenated alkanes) is 1. The van der Waals surface area contributed by atoms with Crippen LogP contribution < -0.4 is 0 Å². The quantitative estimate of drug-likeness (QED) is 0.860. The molecule has 5 heteroatoms. The third-order valence-electron chi connectivity index (χ3n) is 3.83.